The summed E-state index contributed by atoms with van der Waals surface area (Å²) in [4.78, 5) is 12.5. The van der Waals surface area contributed by atoms with E-state index in [2.05, 4.69) is 5.32 Å². The molecule has 0 aliphatic rings. The summed E-state index contributed by atoms with van der Waals surface area (Å²) in [6.45, 7) is 1.50. The fourth-order valence-corrected chi connectivity index (χ4v) is 3.94. The van der Waals surface area contributed by atoms with Crippen molar-refractivity contribution in [1.29, 1.82) is 0 Å². The first-order valence-corrected chi connectivity index (χ1v) is 9.95. The average Bonchev–Trinajstić information content (AvgIpc) is 2.71. The lowest BCUT2D eigenvalue weighted by molar-refractivity contribution is -0.116. The Morgan fingerprint density at radius 3 is 2.14 bits per heavy atom. The minimum absolute atomic E-state index is 0.0917. The second-order valence-electron chi connectivity index (χ2n) is 5.72. The van der Waals surface area contributed by atoms with Gasteiger partial charge in [-0.15, -0.1) is 0 Å². The number of hydrogen-bond acceptors (Lipinski definition) is 6. The molecule has 0 unspecified atom stereocenters. The van der Waals surface area contributed by atoms with Crippen LogP contribution in [-0.4, -0.2) is 53.0 Å². The van der Waals surface area contributed by atoms with Gasteiger partial charge in [0.25, 0.3) is 0 Å². The molecular weight excluding hydrogens is 384 g/mol. The second kappa shape index (κ2) is 9.43. The minimum Gasteiger partial charge on any atom is -0.497 e. The summed E-state index contributed by atoms with van der Waals surface area (Å²) in [7, 11) is 0.689. The number of carbonyl (C=O) groups is 1. The summed E-state index contributed by atoms with van der Waals surface area (Å²) in [5.74, 6) is 1.07. The maximum atomic E-state index is 12.8. The Balaban J connectivity index is 2.13. The zero-order valence-corrected chi connectivity index (χ0v) is 17.1. The highest BCUT2D eigenvalue weighted by molar-refractivity contribution is 7.89. The lowest BCUT2D eigenvalue weighted by Gasteiger charge is -2.20. The quantitative estimate of drug-likeness (QED) is 0.685. The number of nitrogens with zero attached hydrogens (tertiary/aromatic N) is 1. The van der Waals surface area contributed by atoms with Gasteiger partial charge in [0.05, 0.1) is 32.8 Å². The fraction of sp³-hybridized carbons (Fsp3) is 0.316. The number of nitrogens with one attached hydrogen (secondary N) is 1. The number of methoxy groups -OCH3 is 3. The van der Waals surface area contributed by atoms with Crippen molar-refractivity contribution in [2.45, 2.75) is 11.8 Å². The van der Waals surface area contributed by atoms with Crippen LogP contribution in [0.15, 0.2) is 47.4 Å². The van der Waals surface area contributed by atoms with Gasteiger partial charge in [0.1, 0.15) is 5.75 Å². The predicted molar refractivity (Wildman–Crippen MR) is 106 cm³/mol. The molecule has 0 aliphatic carbocycles. The van der Waals surface area contributed by atoms with E-state index in [1.54, 1.807) is 37.3 Å². The Morgan fingerprint density at radius 1 is 0.964 bits per heavy atom. The van der Waals surface area contributed by atoms with Crippen molar-refractivity contribution in [2.75, 3.05) is 39.7 Å². The monoisotopic (exact) mass is 408 g/mol. The van der Waals surface area contributed by atoms with E-state index in [1.807, 2.05) is 0 Å². The molecule has 0 saturated carbocycles. The van der Waals surface area contributed by atoms with Crippen molar-refractivity contribution in [3.8, 4) is 17.2 Å². The van der Waals surface area contributed by atoms with E-state index in [0.717, 1.165) is 4.31 Å². The molecule has 1 amide bonds. The zero-order chi connectivity index (χ0) is 20.7. The topological polar surface area (TPSA) is 94.2 Å². The molecule has 0 fully saturated rings. The van der Waals surface area contributed by atoms with Crippen molar-refractivity contribution >= 4 is 21.6 Å². The van der Waals surface area contributed by atoms with Gasteiger partial charge in [-0.1, -0.05) is 6.92 Å². The van der Waals surface area contributed by atoms with Crippen LogP contribution in [0, 0.1) is 0 Å². The third-order valence-electron chi connectivity index (χ3n) is 4.04. The normalized spacial score (nSPS) is 11.2. The van der Waals surface area contributed by atoms with Crippen LogP contribution in [0.3, 0.4) is 0 Å². The van der Waals surface area contributed by atoms with E-state index in [0.29, 0.717) is 22.9 Å². The average molecular weight is 408 g/mol. The molecule has 2 aromatic rings. The lowest BCUT2D eigenvalue weighted by Crippen LogP contribution is -2.37. The van der Waals surface area contributed by atoms with Crippen LogP contribution in [0.4, 0.5) is 5.69 Å². The van der Waals surface area contributed by atoms with Gasteiger partial charge in [-0.2, -0.15) is 4.31 Å². The van der Waals surface area contributed by atoms with Gasteiger partial charge < -0.3 is 19.5 Å². The van der Waals surface area contributed by atoms with Gasteiger partial charge in [0.15, 0.2) is 11.5 Å². The number of benzene rings is 2. The highest BCUT2D eigenvalue weighted by Crippen LogP contribution is 2.29. The van der Waals surface area contributed by atoms with Gasteiger partial charge >= 0.3 is 0 Å². The third-order valence-corrected chi connectivity index (χ3v) is 5.97. The van der Waals surface area contributed by atoms with Crippen molar-refractivity contribution < 1.29 is 27.4 Å². The largest absolute Gasteiger partial charge is 0.497 e. The zero-order valence-electron chi connectivity index (χ0n) is 16.3. The Labute approximate surface area is 165 Å². The minimum atomic E-state index is -3.81. The van der Waals surface area contributed by atoms with Crippen LogP contribution in [0.1, 0.15) is 6.92 Å². The molecule has 2 rings (SSSR count). The van der Waals surface area contributed by atoms with Crippen LogP contribution in [0.25, 0.3) is 0 Å². The number of hydrogen-bond donors (Lipinski definition) is 1. The number of anilines is 1. The highest BCUT2D eigenvalue weighted by atomic mass is 32.2. The number of sulfonamides is 1. The molecule has 0 heterocycles. The van der Waals surface area contributed by atoms with Crippen molar-refractivity contribution in [1.82, 2.24) is 4.31 Å². The summed E-state index contributed by atoms with van der Waals surface area (Å²) >= 11 is 0. The van der Waals surface area contributed by atoms with Crippen LogP contribution < -0.4 is 19.5 Å². The van der Waals surface area contributed by atoms with Crippen molar-refractivity contribution in [3.63, 3.8) is 0 Å². The highest BCUT2D eigenvalue weighted by Gasteiger charge is 2.25. The molecule has 0 saturated heterocycles. The summed E-state index contributed by atoms with van der Waals surface area (Å²) < 4.78 is 42.1. The first kappa shape index (κ1) is 21.5. The van der Waals surface area contributed by atoms with Gasteiger partial charge in [-0.05, 0) is 36.4 Å². The Kier molecular flexibility index (Phi) is 7.24. The molecule has 0 bridgehead atoms. The van der Waals surface area contributed by atoms with E-state index < -0.39 is 15.9 Å². The standard InChI is InChI=1S/C19H24N2O6S/c1-5-21(28(23,24)16-9-7-15(25-2)8-10-16)13-19(22)20-14-6-11-17(26-3)18(12-14)27-4/h6-12H,5,13H2,1-4H3,(H,20,22). The molecular formula is C19H24N2O6S. The first-order chi connectivity index (χ1) is 13.3. The number of carbonyl (C=O) groups excluding carboxylic acids is 1. The third kappa shape index (κ3) is 4.93. The van der Waals surface area contributed by atoms with Gasteiger partial charge in [0.2, 0.25) is 15.9 Å². The summed E-state index contributed by atoms with van der Waals surface area (Å²) in [5.41, 5.74) is 0.473. The Morgan fingerprint density at radius 2 is 1.61 bits per heavy atom. The predicted octanol–water partition coefficient (Wildman–Crippen LogP) is 2.36. The smallest absolute Gasteiger partial charge is 0.243 e. The molecule has 28 heavy (non-hydrogen) atoms. The van der Waals surface area contributed by atoms with E-state index in [4.69, 9.17) is 14.2 Å². The molecule has 0 aliphatic heterocycles. The molecule has 2 aromatic carbocycles. The van der Waals surface area contributed by atoms with E-state index in [9.17, 15) is 13.2 Å². The maximum absolute atomic E-state index is 12.8. The number of likely N-dealkylation sites (N-methyl/N-ethyl adjacent to an activating group) is 1. The summed E-state index contributed by atoms with van der Waals surface area (Å²) in [6.07, 6.45) is 0. The van der Waals surface area contributed by atoms with Crippen LogP contribution >= 0.6 is 0 Å². The Bertz CT molecular complexity index is 913. The van der Waals surface area contributed by atoms with E-state index in [1.165, 1.54) is 33.5 Å². The van der Waals surface area contributed by atoms with Crippen molar-refractivity contribution in [2.24, 2.45) is 0 Å². The molecule has 1 N–H and O–H groups in total. The number of amides is 1. The lowest BCUT2D eigenvalue weighted by atomic mass is 10.2. The molecule has 0 spiro atoms. The van der Waals surface area contributed by atoms with Crippen LogP contribution in [0.2, 0.25) is 0 Å². The first-order valence-electron chi connectivity index (χ1n) is 8.51. The Hall–Kier alpha value is -2.78. The molecule has 9 heteroatoms. The number of ether oxygens (including phenoxy) is 3. The van der Waals surface area contributed by atoms with Crippen LogP contribution in [-0.2, 0) is 14.8 Å². The van der Waals surface area contributed by atoms with Crippen molar-refractivity contribution in [3.05, 3.63) is 42.5 Å². The molecule has 0 radical (unpaired) electrons. The fourth-order valence-electron chi connectivity index (χ4n) is 2.54. The summed E-state index contributed by atoms with van der Waals surface area (Å²) in [6, 6.07) is 10.9. The SMILES string of the molecule is CCN(CC(=O)Nc1ccc(OC)c(OC)c1)S(=O)(=O)c1ccc(OC)cc1. The molecule has 0 atom stereocenters. The maximum Gasteiger partial charge on any atom is 0.243 e. The molecule has 8 nitrogen and oxygen atoms in total. The van der Waals surface area contributed by atoms with Gasteiger partial charge in [-0.25, -0.2) is 8.42 Å². The van der Waals surface area contributed by atoms with Gasteiger partial charge in [0, 0.05) is 18.3 Å². The van der Waals surface area contributed by atoms with E-state index >= 15 is 0 Å². The molecule has 0 aromatic heterocycles. The van der Waals surface area contributed by atoms with E-state index in [-0.39, 0.29) is 18.0 Å². The second-order valence-corrected chi connectivity index (χ2v) is 7.66. The summed E-state index contributed by atoms with van der Waals surface area (Å²) in [5, 5.41) is 2.67. The molecule has 152 valence electrons. The number of rotatable bonds is 9. The van der Waals surface area contributed by atoms with Crippen LogP contribution in [0.5, 0.6) is 17.2 Å². The van der Waals surface area contributed by atoms with Gasteiger partial charge in [-0.3, -0.25) is 4.79 Å².